The fraction of sp³-hybridized carbons (Fsp3) is 0.909. The van der Waals surface area contributed by atoms with Crippen molar-refractivity contribution < 1.29 is 13.2 Å². The van der Waals surface area contributed by atoms with E-state index in [9.17, 15) is 13.2 Å². The number of rotatable bonds is 10. The van der Waals surface area contributed by atoms with Gasteiger partial charge in [-0.3, -0.25) is 4.79 Å². The molecule has 1 atom stereocenters. The van der Waals surface area contributed by atoms with Crippen LogP contribution in [0.2, 0.25) is 0 Å². The van der Waals surface area contributed by atoms with Crippen LogP contribution < -0.4 is 11.1 Å². The van der Waals surface area contributed by atoms with Crippen molar-refractivity contribution in [2.24, 2.45) is 5.73 Å². The van der Waals surface area contributed by atoms with Crippen LogP contribution >= 0.6 is 24.2 Å². The van der Waals surface area contributed by atoms with Gasteiger partial charge in [-0.15, -0.1) is 12.4 Å². The summed E-state index contributed by atoms with van der Waals surface area (Å²) in [6.07, 6.45) is 3.20. The number of hydrogen-bond acceptors (Lipinski definition) is 5. The third kappa shape index (κ3) is 9.02. The van der Waals surface area contributed by atoms with Gasteiger partial charge in [0.05, 0.1) is 11.8 Å². The predicted octanol–water partition coefficient (Wildman–Crippen LogP) is 0.276. The molecule has 1 amide bonds. The molecule has 0 bridgehead atoms. The zero-order valence-electron chi connectivity index (χ0n) is 12.3. The van der Waals surface area contributed by atoms with E-state index in [1.54, 1.807) is 25.7 Å². The fourth-order valence-electron chi connectivity index (χ4n) is 1.38. The lowest BCUT2D eigenvalue weighted by Gasteiger charge is -2.16. The Labute approximate surface area is 132 Å². The van der Waals surface area contributed by atoms with Crippen molar-refractivity contribution in [1.82, 2.24) is 9.62 Å². The highest BCUT2D eigenvalue weighted by molar-refractivity contribution is 7.98. The van der Waals surface area contributed by atoms with Crippen molar-refractivity contribution in [3.63, 3.8) is 0 Å². The van der Waals surface area contributed by atoms with Gasteiger partial charge in [0, 0.05) is 20.1 Å². The van der Waals surface area contributed by atoms with E-state index in [2.05, 4.69) is 5.32 Å². The van der Waals surface area contributed by atoms with Crippen LogP contribution in [0.4, 0.5) is 0 Å². The van der Waals surface area contributed by atoms with Crippen molar-refractivity contribution in [1.29, 1.82) is 0 Å². The van der Waals surface area contributed by atoms with Crippen LogP contribution in [0.1, 0.15) is 19.8 Å². The molecule has 0 fully saturated rings. The molecular formula is C11H26ClN3O3S2. The molecule has 9 heteroatoms. The molecule has 0 saturated carbocycles. The first kappa shape index (κ1) is 22.3. The molecule has 0 aromatic carbocycles. The molecule has 122 valence electrons. The monoisotopic (exact) mass is 347 g/mol. The molecule has 0 rings (SSSR count). The minimum absolute atomic E-state index is 0. The third-order valence-electron chi connectivity index (χ3n) is 2.76. The van der Waals surface area contributed by atoms with Gasteiger partial charge in [-0.25, -0.2) is 12.7 Å². The molecule has 0 heterocycles. The van der Waals surface area contributed by atoms with Crippen LogP contribution in [0.3, 0.4) is 0 Å². The number of hydrogen-bond donors (Lipinski definition) is 2. The topological polar surface area (TPSA) is 92.5 Å². The van der Waals surface area contributed by atoms with Gasteiger partial charge in [0.25, 0.3) is 0 Å². The van der Waals surface area contributed by atoms with E-state index in [4.69, 9.17) is 5.73 Å². The number of halogens is 1. The first-order chi connectivity index (χ1) is 8.85. The summed E-state index contributed by atoms with van der Waals surface area (Å²) < 4.78 is 24.3. The Morgan fingerprint density at radius 2 is 2.05 bits per heavy atom. The second kappa shape index (κ2) is 11.6. The lowest BCUT2D eigenvalue weighted by molar-refractivity contribution is -0.122. The Morgan fingerprint density at radius 1 is 1.45 bits per heavy atom. The summed E-state index contributed by atoms with van der Waals surface area (Å²) in [6.45, 7) is 2.45. The molecule has 0 unspecified atom stereocenters. The summed E-state index contributed by atoms with van der Waals surface area (Å²) in [5, 5.41) is 2.72. The van der Waals surface area contributed by atoms with Crippen LogP contribution in [-0.2, 0) is 14.8 Å². The number of nitrogens with two attached hydrogens (primary N) is 1. The Morgan fingerprint density at radius 3 is 2.55 bits per heavy atom. The van der Waals surface area contributed by atoms with E-state index in [0.717, 1.165) is 5.75 Å². The van der Waals surface area contributed by atoms with Gasteiger partial charge in [-0.1, -0.05) is 0 Å². The Hall–Kier alpha value is -0.0200. The highest BCUT2D eigenvalue weighted by Gasteiger charge is 2.15. The SMILES string of the molecule is CCS(=O)(=O)N(C)CCCNC(=O)[C@@H](N)CCSC.Cl. The highest BCUT2D eigenvalue weighted by atomic mass is 35.5. The Bertz CT molecular complexity index is 366. The largest absolute Gasteiger partial charge is 0.355 e. The second-order valence-electron chi connectivity index (χ2n) is 4.25. The molecule has 0 aliphatic heterocycles. The molecular weight excluding hydrogens is 322 g/mol. The molecule has 0 saturated heterocycles. The fourth-order valence-corrected chi connectivity index (χ4v) is 2.72. The van der Waals surface area contributed by atoms with Crippen LogP contribution in [0.5, 0.6) is 0 Å². The maximum Gasteiger partial charge on any atom is 0.236 e. The predicted molar refractivity (Wildman–Crippen MR) is 87.9 cm³/mol. The minimum atomic E-state index is -3.13. The molecule has 6 nitrogen and oxygen atoms in total. The smallest absolute Gasteiger partial charge is 0.236 e. The van der Waals surface area contributed by atoms with Gasteiger partial charge in [-0.2, -0.15) is 11.8 Å². The highest BCUT2D eigenvalue weighted by Crippen LogP contribution is 2.00. The number of thioether (sulfide) groups is 1. The summed E-state index contributed by atoms with van der Waals surface area (Å²) in [6, 6.07) is -0.482. The minimum Gasteiger partial charge on any atom is -0.355 e. The standard InChI is InChI=1S/C11H25N3O3S2.ClH/c1-4-19(16,17)14(2)8-5-7-13-11(15)10(12)6-9-18-3;/h10H,4-9,12H2,1-3H3,(H,13,15);1H/t10-;/m0./s1. The zero-order valence-corrected chi connectivity index (χ0v) is 14.7. The van der Waals surface area contributed by atoms with E-state index in [1.165, 1.54) is 4.31 Å². The normalized spacial score (nSPS) is 12.8. The number of sulfonamides is 1. The van der Waals surface area contributed by atoms with Crippen LogP contribution in [0, 0.1) is 0 Å². The summed E-state index contributed by atoms with van der Waals surface area (Å²) in [5.74, 6) is 0.775. The Kier molecular flexibility index (Phi) is 12.9. The molecule has 0 aromatic heterocycles. The number of amides is 1. The number of nitrogens with zero attached hydrogens (tertiary/aromatic N) is 1. The average molecular weight is 348 g/mol. The third-order valence-corrected chi connectivity index (χ3v) is 5.26. The van der Waals surface area contributed by atoms with E-state index in [-0.39, 0.29) is 24.1 Å². The van der Waals surface area contributed by atoms with Gasteiger partial charge >= 0.3 is 0 Å². The van der Waals surface area contributed by atoms with Gasteiger partial charge < -0.3 is 11.1 Å². The lowest BCUT2D eigenvalue weighted by atomic mass is 10.2. The number of carbonyl (C=O) groups is 1. The lowest BCUT2D eigenvalue weighted by Crippen LogP contribution is -2.42. The summed E-state index contributed by atoms with van der Waals surface area (Å²) in [7, 11) is -1.59. The summed E-state index contributed by atoms with van der Waals surface area (Å²) >= 11 is 1.65. The molecule has 20 heavy (non-hydrogen) atoms. The van der Waals surface area contributed by atoms with E-state index < -0.39 is 16.1 Å². The summed E-state index contributed by atoms with van der Waals surface area (Å²) in [4.78, 5) is 11.6. The molecule has 0 aliphatic rings. The van der Waals surface area contributed by atoms with Crippen LogP contribution in [0.25, 0.3) is 0 Å². The average Bonchev–Trinajstić information content (AvgIpc) is 2.39. The van der Waals surface area contributed by atoms with E-state index >= 15 is 0 Å². The first-order valence-electron chi connectivity index (χ1n) is 6.31. The molecule has 0 spiro atoms. The Balaban J connectivity index is 0. The van der Waals surface area contributed by atoms with Crippen molar-refractivity contribution in [3.8, 4) is 0 Å². The molecule has 0 aliphatic carbocycles. The van der Waals surface area contributed by atoms with E-state index in [0.29, 0.717) is 25.9 Å². The summed E-state index contributed by atoms with van der Waals surface area (Å²) in [5.41, 5.74) is 5.70. The molecule has 3 N–H and O–H groups in total. The van der Waals surface area contributed by atoms with Crippen LogP contribution in [0.15, 0.2) is 0 Å². The number of carbonyl (C=O) groups excluding carboxylic acids is 1. The van der Waals surface area contributed by atoms with Gasteiger partial charge in [0.1, 0.15) is 0 Å². The van der Waals surface area contributed by atoms with Crippen molar-refractivity contribution in [2.45, 2.75) is 25.8 Å². The maximum absolute atomic E-state index is 11.6. The first-order valence-corrected chi connectivity index (χ1v) is 9.31. The van der Waals surface area contributed by atoms with Gasteiger partial charge in [-0.05, 0) is 31.8 Å². The number of nitrogens with one attached hydrogen (secondary N) is 1. The van der Waals surface area contributed by atoms with Crippen LogP contribution in [-0.4, -0.2) is 62.6 Å². The zero-order chi connectivity index (χ0) is 14.9. The second-order valence-corrected chi connectivity index (χ2v) is 7.60. The quantitative estimate of drug-likeness (QED) is 0.554. The van der Waals surface area contributed by atoms with E-state index in [1.807, 2.05) is 6.26 Å². The van der Waals surface area contributed by atoms with Crippen molar-refractivity contribution in [3.05, 3.63) is 0 Å². The van der Waals surface area contributed by atoms with Gasteiger partial charge in [0.2, 0.25) is 15.9 Å². The molecule has 0 radical (unpaired) electrons. The van der Waals surface area contributed by atoms with Crippen molar-refractivity contribution >= 4 is 40.1 Å². The van der Waals surface area contributed by atoms with Crippen molar-refractivity contribution in [2.75, 3.05) is 37.9 Å². The maximum atomic E-state index is 11.6. The molecule has 0 aromatic rings. The van der Waals surface area contributed by atoms with Gasteiger partial charge in [0.15, 0.2) is 0 Å².